The number of fused-ring (bicyclic) bond motifs is 1. The second kappa shape index (κ2) is 7.23. The predicted molar refractivity (Wildman–Crippen MR) is 97.0 cm³/mol. The molecule has 1 aliphatic rings. The van der Waals surface area contributed by atoms with E-state index in [2.05, 4.69) is 18.0 Å². The normalized spacial score (nSPS) is 17.0. The zero-order valence-electron chi connectivity index (χ0n) is 15.2. The Balaban J connectivity index is 1.95. The molecule has 2 aromatic carbocycles. The monoisotopic (exact) mass is 343 g/mol. The lowest BCUT2D eigenvalue weighted by molar-refractivity contribution is 0.228. The fourth-order valence-corrected chi connectivity index (χ4v) is 3.50. The highest BCUT2D eigenvalue weighted by molar-refractivity contribution is 5.49. The molecule has 0 saturated heterocycles. The molecular formula is C20H25NO4. The van der Waals surface area contributed by atoms with Gasteiger partial charge >= 0.3 is 0 Å². The minimum absolute atomic E-state index is 0.204. The summed E-state index contributed by atoms with van der Waals surface area (Å²) in [5, 5.41) is 10.1. The van der Waals surface area contributed by atoms with Crippen LogP contribution < -0.4 is 14.2 Å². The van der Waals surface area contributed by atoms with Crippen LogP contribution in [0.15, 0.2) is 30.3 Å². The molecule has 5 heteroatoms. The van der Waals surface area contributed by atoms with Gasteiger partial charge in [0, 0.05) is 12.6 Å². The minimum Gasteiger partial charge on any atom is -0.504 e. The van der Waals surface area contributed by atoms with Crippen molar-refractivity contribution in [3.8, 4) is 23.0 Å². The predicted octanol–water partition coefficient (Wildman–Crippen LogP) is 3.19. The Morgan fingerprint density at radius 1 is 1.00 bits per heavy atom. The van der Waals surface area contributed by atoms with Gasteiger partial charge in [0.15, 0.2) is 23.0 Å². The molecule has 3 rings (SSSR count). The van der Waals surface area contributed by atoms with E-state index >= 15 is 0 Å². The van der Waals surface area contributed by atoms with Crippen LogP contribution in [0.3, 0.4) is 0 Å². The molecule has 0 radical (unpaired) electrons. The lowest BCUT2D eigenvalue weighted by Crippen LogP contribution is -2.33. The van der Waals surface area contributed by atoms with Crippen molar-refractivity contribution >= 4 is 0 Å². The van der Waals surface area contributed by atoms with Gasteiger partial charge in [-0.2, -0.15) is 0 Å². The largest absolute Gasteiger partial charge is 0.504 e. The molecular weight excluding hydrogens is 318 g/mol. The number of ether oxygens (including phenoxy) is 3. The van der Waals surface area contributed by atoms with Crippen LogP contribution in [-0.4, -0.2) is 44.9 Å². The highest BCUT2D eigenvalue weighted by Gasteiger charge is 2.27. The first-order valence-corrected chi connectivity index (χ1v) is 8.38. The first-order chi connectivity index (χ1) is 12.1. The number of rotatable bonds is 5. The number of methoxy groups -OCH3 is 3. The summed E-state index contributed by atoms with van der Waals surface area (Å²) in [6.45, 7) is 0.955. The highest BCUT2D eigenvalue weighted by Crippen LogP contribution is 2.39. The maximum Gasteiger partial charge on any atom is 0.160 e. The van der Waals surface area contributed by atoms with E-state index < -0.39 is 0 Å². The van der Waals surface area contributed by atoms with Crippen LogP contribution in [-0.2, 0) is 12.8 Å². The molecule has 5 nitrogen and oxygen atoms in total. The molecule has 134 valence electrons. The molecule has 0 unspecified atom stereocenters. The summed E-state index contributed by atoms with van der Waals surface area (Å²) in [6.07, 6.45) is 1.77. The number of nitrogens with zero attached hydrogens (tertiary/aromatic N) is 1. The third-order valence-electron chi connectivity index (χ3n) is 4.94. The summed E-state index contributed by atoms with van der Waals surface area (Å²) in [7, 11) is 7.00. The molecule has 0 amide bonds. The van der Waals surface area contributed by atoms with Gasteiger partial charge in [0.05, 0.1) is 21.3 Å². The van der Waals surface area contributed by atoms with Crippen molar-refractivity contribution in [1.82, 2.24) is 4.90 Å². The van der Waals surface area contributed by atoms with E-state index in [0.29, 0.717) is 5.75 Å². The number of benzene rings is 2. The number of phenols is 1. The number of aromatic hydroxyl groups is 1. The SMILES string of the molecule is COc1cc2c(cc1O)CCN(C)[C@H]2Cc1ccc(OC)c(OC)c1. The van der Waals surface area contributed by atoms with Crippen molar-refractivity contribution in [1.29, 1.82) is 0 Å². The third-order valence-corrected chi connectivity index (χ3v) is 4.94. The first-order valence-electron chi connectivity index (χ1n) is 8.38. The van der Waals surface area contributed by atoms with E-state index in [1.165, 1.54) is 16.7 Å². The second-order valence-corrected chi connectivity index (χ2v) is 6.36. The lowest BCUT2D eigenvalue weighted by Gasteiger charge is -2.35. The lowest BCUT2D eigenvalue weighted by atomic mass is 9.88. The van der Waals surface area contributed by atoms with Crippen molar-refractivity contribution in [3.05, 3.63) is 47.0 Å². The number of hydrogen-bond acceptors (Lipinski definition) is 5. The summed E-state index contributed by atoms with van der Waals surface area (Å²) >= 11 is 0. The highest BCUT2D eigenvalue weighted by atomic mass is 16.5. The van der Waals surface area contributed by atoms with Crippen LogP contribution in [0.2, 0.25) is 0 Å². The van der Waals surface area contributed by atoms with Gasteiger partial charge < -0.3 is 19.3 Å². The molecule has 1 aliphatic heterocycles. The fourth-order valence-electron chi connectivity index (χ4n) is 3.50. The Kier molecular flexibility index (Phi) is 5.04. The second-order valence-electron chi connectivity index (χ2n) is 6.36. The van der Waals surface area contributed by atoms with Crippen molar-refractivity contribution in [2.75, 3.05) is 34.9 Å². The molecule has 25 heavy (non-hydrogen) atoms. The molecule has 0 aliphatic carbocycles. The van der Waals surface area contributed by atoms with Crippen LogP contribution in [0.4, 0.5) is 0 Å². The Hall–Kier alpha value is -2.40. The maximum absolute atomic E-state index is 10.1. The van der Waals surface area contributed by atoms with Crippen molar-refractivity contribution < 1.29 is 19.3 Å². The van der Waals surface area contributed by atoms with Crippen molar-refractivity contribution in [2.24, 2.45) is 0 Å². The quantitative estimate of drug-likeness (QED) is 0.904. The van der Waals surface area contributed by atoms with Crippen molar-refractivity contribution in [2.45, 2.75) is 18.9 Å². The van der Waals surface area contributed by atoms with Gasteiger partial charge in [-0.15, -0.1) is 0 Å². The molecule has 0 fully saturated rings. The molecule has 1 N–H and O–H groups in total. The Labute approximate surface area is 148 Å². The van der Waals surface area contributed by atoms with Gasteiger partial charge in [-0.25, -0.2) is 0 Å². The zero-order valence-corrected chi connectivity index (χ0v) is 15.2. The average Bonchev–Trinajstić information content (AvgIpc) is 2.63. The standard InChI is InChI=1S/C20H25NO4/c1-21-8-7-14-11-17(22)19(24-3)12-15(14)16(21)9-13-5-6-18(23-2)20(10-13)25-4/h5-6,10-12,16,22H,7-9H2,1-4H3/t16-/m0/s1. The summed E-state index contributed by atoms with van der Waals surface area (Å²) in [4.78, 5) is 2.34. The number of phenolic OH excluding ortho intramolecular Hbond substituents is 1. The van der Waals surface area contributed by atoms with E-state index in [4.69, 9.17) is 14.2 Å². The van der Waals surface area contributed by atoms with Crippen LogP contribution in [0.5, 0.6) is 23.0 Å². The molecule has 1 heterocycles. The topological polar surface area (TPSA) is 51.2 Å². The van der Waals surface area contributed by atoms with Gasteiger partial charge in [-0.3, -0.25) is 4.90 Å². The average molecular weight is 343 g/mol. The number of hydrogen-bond donors (Lipinski definition) is 1. The summed E-state index contributed by atoms with van der Waals surface area (Å²) in [5.41, 5.74) is 3.56. The van der Waals surface area contributed by atoms with Crippen LogP contribution in [0.1, 0.15) is 22.7 Å². The molecule has 0 bridgehead atoms. The summed E-state index contributed by atoms with van der Waals surface area (Å²) in [6, 6.07) is 10.1. The van der Waals surface area contributed by atoms with E-state index in [1.54, 1.807) is 21.3 Å². The molecule has 0 spiro atoms. The van der Waals surface area contributed by atoms with E-state index in [-0.39, 0.29) is 11.8 Å². The molecule has 2 aromatic rings. The smallest absolute Gasteiger partial charge is 0.160 e. The van der Waals surface area contributed by atoms with Gasteiger partial charge in [0.25, 0.3) is 0 Å². The Bertz CT molecular complexity index is 760. The zero-order chi connectivity index (χ0) is 18.0. The summed E-state index contributed by atoms with van der Waals surface area (Å²) < 4.78 is 16.1. The molecule has 0 aromatic heterocycles. The van der Waals surface area contributed by atoms with Gasteiger partial charge in [0.2, 0.25) is 0 Å². The van der Waals surface area contributed by atoms with Crippen LogP contribution in [0, 0.1) is 0 Å². The minimum atomic E-state index is 0.204. The summed E-state index contributed by atoms with van der Waals surface area (Å²) in [5.74, 6) is 2.19. The Morgan fingerprint density at radius 3 is 2.40 bits per heavy atom. The fraction of sp³-hybridized carbons (Fsp3) is 0.400. The van der Waals surface area contributed by atoms with Gasteiger partial charge in [-0.1, -0.05) is 6.07 Å². The van der Waals surface area contributed by atoms with E-state index in [9.17, 15) is 5.11 Å². The Morgan fingerprint density at radius 2 is 1.72 bits per heavy atom. The third kappa shape index (κ3) is 3.37. The van der Waals surface area contributed by atoms with E-state index in [0.717, 1.165) is 30.9 Å². The van der Waals surface area contributed by atoms with E-state index in [1.807, 2.05) is 24.3 Å². The van der Waals surface area contributed by atoms with Crippen LogP contribution >= 0.6 is 0 Å². The van der Waals surface area contributed by atoms with Crippen LogP contribution in [0.25, 0.3) is 0 Å². The van der Waals surface area contributed by atoms with Crippen molar-refractivity contribution in [3.63, 3.8) is 0 Å². The number of likely N-dealkylation sites (N-methyl/N-ethyl adjacent to an activating group) is 1. The van der Waals surface area contributed by atoms with Gasteiger partial charge in [-0.05, 0) is 60.8 Å². The molecule has 0 saturated carbocycles. The first kappa shape index (κ1) is 17.4. The maximum atomic E-state index is 10.1. The van der Waals surface area contributed by atoms with Gasteiger partial charge in [0.1, 0.15) is 0 Å². The molecule has 1 atom stereocenters.